The summed E-state index contributed by atoms with van der Waals surface area (Å²) in [5.41, 5.74) is 3.84. The molecule has 0 radical (unpaired) electrons. The molecular weight excluding hydrogens is 458 g/mol. The van der Waals surface area contributed by atoms with Crippen molar-refractivity contribution in [3.63, 3.8) is 0 Å². The molecule has 9 nitrogen and oxygen atoms in total. The normalized spacial score (nSPS) is 20.4. The highest BCUT2D eigenvalue weighted by Crippen LogP contribution is 2.02. The van der Waals surface area contributed by atoms with Crippen LogP contribution in [-0.4, -0.2) is 107 Å². The molecule has 6 heterocycles. The van der Waals surface area contributed by atoms with E-state index in [9.17, 15) is 0 Å². The van der Waals surface area contributed by atoms with Crippen LogP contribution in [0.15, 0.2) is 30.0 Å². The molecule has 11 heteroatoms. The molecule has 0 fully saturated rings. The maximum absolute atomic E-state index is 4.78. The van der Waals surface area contributed by atoms with Gasteiger partial charge >= 0.3 is 0 Å². The SMILES string of the molecule is C1=NCCC1.C1=NCCCN1.C1=NCCCO1.C1=NCCCS1.C1=NCCO1.C1=NCCS1. The van der Waals surface area contributed by atoms with Crippen molar-refractivity contribution in [3.05, 3.63) is 0 Å². The van der Waals surface area contributed by atoms with Crippen molar-refractivity contribution < 1.29 is 9.47 Å². The fourth-order valence-electron chi connectivity index (χ4n) is 2.24. The molecule has 0 spiro atoms. The lowest BCUT2D eigenvalue weighted by Crippen LogP contribution is -2.17. The van der Waals surface area contributed by atoms with Gasteiger partial charge in [-0.25, -0.2) is 0 Å². The van der Waals surface area contributed by atoms with Crippen molar-refractivity contribution in [2.45, 2.75) is 32.1 Å². The van der Waals surface area contributed by atoms with Crippen LogP contribution in [0.4, 0.5) is 0 Å². The van der Waals surface area contributed by atoms with Crippen LogP contribution in [0.5, 0.6) is 0 Å². The molecule has 186 valence electrons. The topological polar surface area (TPSA) is 105 Å². The number of nitrogens with zero attached hydrogens (tertiary/aromatic N) is 6. The summed E-state index contributed by atoms with van der Waals surface area (Å²) in [4.78, 5) is 23.4. The molecule has 0 saturated carbocycles. The van der Waals surface area contributed by atoms with Gasteiger partial charge in [-0.15, -0.1) is 23.5 Å². The molecule has 0 bridgehead atoms. The van der Waals surface area contributed by atoms with Gasteiger partial charge in [0.05, 0.1) is 30.6 Å². The number of hydrogen-bond acceptors (Lipinski definition) is 11. The summed E-state index contributed by atoms with van der Waals surface area (Å²) in [5.74, 6) is 2.46. The van der Waals surface area contributed by atoms with Gasteiger partial charge in [-0.3, -0.25) is 30.0 Å². The van der Waals surface area contributed by atoms with E-state index in [2.05, 4.69) is 40.0 Å². The Kier molecular flexibility index (Phi) is 23.3. The molecule has 0 aromatic heterocycles. The number of ether oxygens (including phenoxy) is 2. The van der Waals surface area contributed by atoms with E-state index >= 15 is 0 Å². The molecule has 0 atom stereocenters. The number of rotatable bonds is 0. The molecule has 0 amide bonds. The van der Waals surface area contributed by atoms with Gasteiger partial charge in [0.15, 0.2) is 12.8 Å². The summed E-state index contributed by atoms with van der Waals surface area (Å²) in [6.07, 6.45) is 12.8. The van der Waals surface area contributed by atoms with Gasteiger partial charge < -0.3 is 14.8 Å². The van der Waals surface area contributed by atoms with Crippen molar-refractivity contribution in [2.75, 3.05) is 70.5 Å². The summed E-state index contributed by atoms with van der Waals surface area (Å²) in [5, 5.41) is 2.99. The number of nitrogens with one attached hydrogen (secondary N) is 1. The first-order chi connectivity index (χ1) is 16.5. The van der Waals surface area contributed by atoms with E-state index < -0.39 is 0 Å². The maximum Gasteiger partial charge on any atom is 0.169 e. The Bertz CT molecular complexity index is 476. The lowest BCUT2D eigenvalue weighted by atomic mass is 10.4. The molecule has 0 saturated heterocycles. The van der Waals surface area contributed by atoms with Crippen LogP contribution in [-0.2, 0) is 9.47 Å². The minimum Gasteiger partial charge on any atom is -0.483 e. The molecule has 6 aliphatic heterocycles. The zero-order valence-corrected chi connectivity index (χ0v) is 21.2. The quantitative estimate of drug-likeness (QED) is 0.553. The molecule has 33 heavy (non-hydrogen) atoms. The highest BCUT2D eigenvalue weighted by atomic mass is 32.2. The van der Waals surface area contributed by atoms with Crippen molar-refractivity contribution in [2.24, 2.45) is 30.0 Å². The van der Waals surface area contributed by atoms with Crippen molar-refractivity contribution in [1.29, 1.82) is 0 Å². The molecule has 6 aliphatic rings. The Morgan fingerprint density at radius 2 is 1.33 bits per heavy atom. The van der Waals surface area contributed by atoms with Gasteiger partial charge in [0, 0.05) is 57.2 Å². The van der Waals surface area contributed by atoms with Gasteiger partial charge in [-0.1, -0.05) is 0 Å². The Balaban J connectivity index is 0.000000198. The standard InChI is InChI=1S/C4H8N2.C4H7NO.C4H7NS.C4H7N.C3H5NO.C3H5NS/c3*1-2-5-4-6-3-1;1-2-4-5-3-1;2*1-2-5-3-4-1/h4H,1-3H2,(H,5,6);2*4H,1-3H2;3H,1-2,4H2;2*3H,1-2H2. The summed E-state index contributed by atoms with van der Waals surface area (Å²) in [6.45, 7) is 8.68. The van der Waals surface area contributed by atoms with Crippen LogP contribution in [0.2, 0.25) is 0 Å². The van der Waals surface area contributed by atoms with E-state index in [0.29, 0.717) is 0 Å². The number of hydrogen-bond donors (Lipinski definition) is 1. The summed E-state index contributed by atoms with van der Waals surface area (Å²) >= 11 is 3.59. The van der Waals surface area contributed by atoms with Crippen LogP contribution in [0.25, 0.3) is 0 Å². The van der Waals surface area contributed by atoms with Gasteiger partial charge in [0.1, 0.15) is 6.61 Å². The second-order valence-corrected chi connectivity index (χ2v) is 8.72. The molecule has 0 aromatic rings. The average Bonchev–Trinajstić information content (AvgIpc) is 3.76. The second-order valence-electron chi connectivity index (χ2n) is 6.81. The Hall–Kier alpha value is -1.88. The monoisotopic (exact) mass is 497 g/mol. The first-order valence-corrected chi connectivity index (χ1v) is 13.7. The zero-order chi connectivity index (χ0) is 23.3. The third-order valence-corrected chi connectivity index (χ3v) is 5.45. The molecule has 0 aromatic carbocycles. The van der Waals surface area contributed by atoms with E-state index in [1.165, 1.54) is 50.0 Å². The van der Waals surface area contributed by atoms with E-state index in [1.54, 1.807) is 29.9 Å². The van der Waals surface area contributed by atoms with E-state index in [4.69, 9.17) is 4.74 Å². The second kappa shape index (κ2) is 26.4. The number of aliphatic imine (C=N–C) groups is 6. The van der Waals surface area contributed by atoms with Crippen molar-refractivity contribution >= 4 is 60.0 Å². The fraction of sp³-hybridized carbons (Fsp3) is 0.727. The average molecular weight is 498 g/mol. The minimum atomic E-state index is 0.778. The van der Waals surface area contributed by atoms with Gasteiger partial charge in [-0.2, -0.15) is 0 Å². The summed E-state index contributed by atoms with van der Waals surface area (Å²) < 4.78 is 9.43. The Morgan fingerprint density at radius 3 is 1.52 bits per heavy atom. The highest BCUT2D eigenvalue weighted by Gasteiger charge is 1.89. The minimum absolute atomic E-state index is 0.778. The van der Waals surface area contributed by atoms with Crippen LogP contribution in [0.3, 0.4) is 0 Å². The van der Waals surface area contributed by atoms with Crippen molar-refractivity contribution in [3.8, 4) is 0 Å². The van der Waals surface area contributed by atoms with E-state index in [-0.39, 0.29) is 0 Å². The van der Waals surface area contributed by atoms with Gasteiger partial charge in [0.2, 0.25) is 0 Å². The van der Waals surface area contributed by atoms with Crippen LogP contribution in [0.1, 0.15) is 32.1 Å². The lowest BCUT2D eigenvalue weighted by Gasteiger charge is -2.01. The van der Waals surface area contributed by atoms with Crippen LogP contribution < -0.4 is 5.32 Å². The van der Waals surface area contributed by atoms with Gasteiger partial charge in [0.25, 0.3) is 0 Å². The van der Waals surface area contributed by atoms with Crippen molar-refractivity contribution in [1.82, 2.24) is 5.32 Å². The third kappa shape index (κ3) is 24.6. The zero-order valence-electron chi connectivity index (χ0n) is 19.6. The molecule has 0 aliphatic carbocycles. The smallest absolute Gasteiger partial charge is 0.169 e. The number of thioether (sulfide) groups is 2. The third-order valence-electron chi connectivity index (χ3n) is 3.91. The largest absolute Gasteiger partial charge is 0.483 e. The van der Waals surface area contributed by atoms with Crippen LogP contribution >= 0.6 is 23.5 Å². The predicted octanol–water partition coefficient (Wildman–Crippen LogP) is 3.25. The lowest BCUT2D eigenvalue weighted by molar-refractivity contribution is 0.298. The first-order valence-electron chi connectivity index (χ1n) is 11.6. The predicted molar refractivity (Wildman–Crippen MR) is 148 cm³/mol. The molecule has 6 rings (SSSR count). The molecule has 1 N–H and O–H groups in total. The highest BCUT2D eigenvalue weighted by molar-refractivity contribution is 8.12. The Morgan fingerprint density at radius 1 is 0.606 bits per heavy atom. The Labute approximate surface area is 207 Å². The summed E-state index contributed by atoms with van der Waals surface area (Å²) in [6, 6.07) is 0. The fourth-order valence-corrected chi connectivity index (χ4v) is 3.38. The molecular formula is C22H39N7O2S2. The van der Waals surface area contributed by atoms with E-state index in [1.807, 2.05) is 17.3 Å². The molecule has 0 unspecified atom stereocenters. The van der Waals surface area contributed by atoms with E-state index in [0.717, 1.165) is 65.4 Å². The summed E-state index contributed by atoms with van der Waals surface area (Å²) in [7, 11) is 0. The van der Waals surface area contributed by atoms with Gasteiger partial charge in [-0.05, 0) is 31.9 Å². The van der Waals surface area contributed by atoms with Crippen LogP contribution in [0, 0.1) is 0 Å². The maximum atomic E-state index is 4.78. The first kappa shape index (κ1) is 29.2.